The van der Waals surface area contributed by atoms with Crippen LogP contribution in [-0.4, -0.2) is 70.9 Å². The second kappa shape index (κ2) is 11.2. The van der Waals surface area contributed by atoms with Crippen molar-refractivity contribution in [2.24, 2.45) is 5.73 Å². The first-order chi connectivity index (χ1) is 19.2. The van der Waals surface area contributed by atoms with Crippen LogP contribution in [0.15, 0.2) is 42.6 Å². The van der Waals surface area contributed by atoms with Gasteiger partial charge in [0.2, 0.25) is 11.9 Å². The van der Waals surface area contributed by atoms with Gasteiger partial charge < -0.3 is 35.9 Å². The monoisotopic (exact) mass is 546 g/mol. The van der Waals surface area contributed by atoms with Gasteiger partial charge in [-0.15, -0.1) is 0 Å². The molecule has 11 nitrogen and oxygen atoms in total. The summed E-state index contributed by atoms with van der Waals surface area (Å²) >= 11 is 0. The Hall–Kier alpha value is -4.71. The fraction of sp³-hybridized carbons (Fsp3) is 0.286. The summed E-state index contributed by atoms with van der Waals surface area (Å²) in [5.74, 6) is -0.320. The third-order valence-electron chi connectivity index (χ3n) is 6.83. The highest BCUT2D eigenvalue weighted by molar-refractivity contribution is 6.01. The number of aromatic amines is 1. The fourth-order valence-corrected chi connectivity index (χ4v) is 4.76. The molecule has 40 heavy (non-hydrogen) atoms. The molecule has 0 saturated heterocycles. The van der Waals surface area contributed by atoms with Crippen LogP contribution in [0, 0.1) is 5.82 Å². The molecule has 3 heterocycles. The molecule has 0 bridgehead atoms. The van der Waals surface area contributed by atoms with Crippen molar-refractivity contribution in [2.45, 2.75) is 19.4 Å². The number of hydrogen-bond acceptors (Lipinski definition) is 8. The number of carbonyl (C=O) groups is 2. The van der Waals surface area contributed by atoms with Crippen molar-refractivity contribution in [3.8, 4) is 5.75 Å². The van der Waals surface area contributed by atoms with E-state index in [0.717, 1.165) is 17.5 Å². The summed E-state index contributed by atoms with van der Waals surface area (Å²) in [6, 6.07) is 9.89. The Morgan fingerprint density at radius 2 is 1.98 bits per heavy atom. The molecule has 12 heteroatoms. The summed E-state index contributed by atoms with van der Waals surface area (Å²) in [4.78, 5) is 40.8. The fourth-order valence-electron chi connectivity index (χ4n) is 4.76. The second-order valence-electron chi connectivity index (χ2n) is 9.85. The highest BCUT2D eigenvalue weighted by Gasteiger charge is 2.23. The van der Waals surface area contributed by atoms with E-state index in [0.29, 0.717) is 54.3 Å². The number of nitrogens with two attached hydrogens (primary N) is 1. The summed E-state index contributed by atoms with van der Waals surface area (Å²) < 4.78 is 20.0. The first-order valence-corrected chi connectivity index (χ1v) is 12.8. The molecule has 0 aliphatic carbocycles. The van der Waals surface area contributed by atoms with Crippen LogP contribution < -0.4 is 21.1 Å². The van der Waals surface area contributed by atoms with Crippen LogP contribution in [0.2, 0.25) is 0 Å². The van der Waals surface area contributed by atoms with Crippen molar-refractivity contribution in [3.05, 3.63) is 65.1 Å². The predicted molar refractivity (Wildman–Crippen MR) is 151 cm³/mol. The first kappa shape index (κ1) is 26.9. The topological polar surface area (TPSA) is 142 Å². The van der Waals surface area contributed by atoms with E-state index >= 15 is 0 Å². The number of carbonyl (C=O) groups excluding carboxylic acids is 2. The number of nitrogens with one attached hydrogen (secondary N) is 3. The maximum absolute atomic E-state index is 14.4. The van der Waals surface area contributed by atoms with E-state index in [4.69, 9.17) is 10.5 Å². The van der Waals surface area contributed by atoms with Crippen molar-refractivity contribution in [1.82, 2.24) is 24.8 Å². The number of anilines is 4. The Morgan fingerprint density at radius 3 is 2.73 bits per heavy atom. The summed E-state index contributed by atoms with van der Waals surface area (Å²) in [6.07, 6.45) is 2.90. The Kier molecular flexibility index (Phi) is 7.52. The molecule has 2 amide bonds. The van der Waals surface area contributed by atoms with Crippen LogP contribution in [0.25, 0.3) is 11.0 Å². The van der Waals surface area contributed by atoms with Crippen LogP contribution >= 0.6 is 0 Å². The molecule has 0 spiro atoms. The van der Waals surface area contributed by atoms with E-state index in [-0.39, 0.29) is 23.1 Å². The SMILES string of the molecule is COc1cc2c(cc1Nc1nc(Nc3cccc(F)c3C(N)=O)c3cc[nH]c3n1)CN(C(=O)CCN(C)C)CC2. The molecule has 5 N–H and O–H groups in total. The lowest BCUT2D eigenvalue weighted by Gasteiger charge is -2.30. The van der Waals surface area contributed by atoms with Gasteiger partial charge in [0.1, 0.15) is 23.0 Å². The number of fused-ring (bicyclic) bond motifs is 2. The third-order valence-corrected chi connectivity index (χ3v) is 6.83. The second-order valence-corrected chi connectivity index (χ2v) is 9.85. The van der Waals surface area contributed by atoms with Crippen molar-refractivity contribution in [2.75, 3.05) is 44.9 Å². The normalized spacial score (nSPS) is 12.9. The zero-order valence-electron chi connectivity index (χ0n) is 22.5. The van der Waals surface area contributed by atoms with Gasteiger partial charge >= 0.3 is 0 Å². The zero-order chi connectivity index (χ0) is 28.4. The molecule has 1 aliphatic heterocycles. The predicted octanol–water partition coefficient (Wildman–Crippen LogP) is 3.53. The van der Waals surface area contributed by atoms with Gasteiger partial charge in [-0.2, -0.15) is 9.97 Å². The number of halogens is 1. The quantitative estimate of drug-likeness (QED) is 0.250. The summed E-state index contributed by atoms with van der Waals surface area (Å²) in [5.41, 5.74) is 8.63. The highest BCUT2D eigenvalue weighted by Crippen LogP contribution is 2.34. The Morgan fingerprint density at radius 1 is 1.15 bits per heavy atom. The summed E-state index contributed by atoms with van der Waals surface area (Å²) in [7, 11) is 5.49. The van der Waals surface area contributed by atoms with Crippen LogP contribution in [0.4, 0.5) is 27.5 Å². The minimum atomic E-state index is -0.897. The van der Waals surface area contributed by atoms with Crippen LogP contribution in [0.5, 0.6) is 5.75 Å². The van der Waals surface area contributed by atoms with E-state index in [9.17, 15) is 14.0 Å². The van der Waals surface area contributed by atoms with Crippen LogP contribution in [0.1, 0.15) is 27.9 Å². The molecule has 5 rings (SSSR count). The number of amides is 2. The standard InChI is InChI=1S/C28H31FN8O3/c1-36(2)11-9-23(38)37-12-8-16-14-22(40-3)21(13-17(16)15-37)33-28-34-26-18(7-10-31-26)27(35-28)32-20-6-4-5-19(29)24(20)25(30)39/h4-7,10,13-14H,8-9,11-12,15H2,1-3H3,(H2,30,39)(H3,31,32,33,34,35). The van der Waals surface area contributed by atoms with E-state index in [2.05, 4.69) is 25.6 Å². The number of aromatic nitrogens is 3. The number of ether oxygens (including phenoxy) is 1. The Labute approximate surface area is 230 Å². The number of nitrogens with zero attached hydrogens (tertiary/aromatic N) is 4. The van der Waals surface area contributed by atoms with Gasteiger partial charge in [-0.1, -0.05) is 6.07 Å². The maximum Gasteiger partial charge on any atom is 0.253 e. The molecular formula is C28H31FN8O3. The van der Waals surface area contributed by atoms with Gasteiger partial charge in [0.05, 0.1) is 29.4 Å². The number of hydrogen-bond donors (Lipinski definition) is 4. The lowest BCUT2D eigenvalue weighted by molar-refractivity contribution is -0.132. The van der Waals surface area contributed by atoms with E-state index in [1.807, 2.05) is 36.0 Å². The largest absolute Gasteiger partial charge is 0.495 e. The number of H-pyrrole nitrogens is 1. The van der Waals surface area contributed by atoms with Gasteiger partial charge in [0.15, 0.2) is 0 Å². The molecule has 1 aliphatic rings. The zero-order valence-corrected chi connectivity index (χ0v) is 22.5. The lowest BCUT2D eigenvalue weighted by atomic mass is 9.98. The third kappa shape index (κ3) is 5.52. The number of rotatable bonds is 9. The van der Waals surface area contributed by atoms with Crippen molar-refractivity contribution < 1.29 is 18.7 Å². The maximum atomic E-state index is 14.4. The van der Waals surface area contributed by atoms with Crippen LogP contribution in [0.3, 0.4) is 0 Å². The van der Waals surface area contributed by atoms with E-state index in [1.54, 1.807) is 25.4 Å². The molecule has 2 aromatic heterocycles. The lowest BCUT2D eigenvalue weighted by Crippen LogP contribution is -2.37. The minimum Gasteiger partial charge on any atom is -0.495 e. The Bertz CT molecular complexity index is 1590. The summed E-state index contributed by atoms with van der Waals surface area (Å²) in [5, 5.41) is 6.90. The summed E-state index contributed by atoms with van der Waals surface area (Å²) in [6.45, 7) is 1.85. The smallest absolute Gasteiger partial charge is 0.253 e. The highest BCUT2D eigenvalue weighted by atomic mass is 19.1. The van der Waals surface area contributed by atoms with E-state index < -0.39 is 11.7 Å². The van der Waals surface area contributed by atoms with Crippen molar-refractivity contribution >= 4 is 46.0 Å². The first-order valence-electron chi connectivity index (χ1n) is 12.8. The molecule has 0 saturated carbocycles. The number of primary amides is 1. The molecule has 0 radical (unpaired) electrons. The molecular weight excluding hydrogens is 515 g/mol. The van der Waals surface area contributed by atoms with Gasteiger partial charge in [-0.25, -0.2) is 4.39 Å². The molecule has 4 aromatic rings. The van der Waals surface area contributed by atoms with Crippen molar-refractivity contribution in [3.63, 3.8) is 0 Å². The van der Waals surface area contributed by atoms with Gasteiger partial charge in [-0.3, -0.25) is 9.59 Å². The number of methoxy groups -OCH3 is 1. The van der Waals surface area contributed by atoms with Gasteiger partial charge in [0.25, 0.3) is 5.91 Å². The van der Waals surface area contributed by atoms with Crippen molar-refractivity contribution in [1.29, 1.82) is 0 Å². The minimum absolute atomic E-state index is 0.119. The average Bonchev–Trinajstić information content (AvgIpc) is 3.40. The average molecular weight is 547 g/mol. The van der Waals surface area contributed by atoms with Gasteiger partial charge in [0, 0.05) is 32.3 Å². The molecule has 2 aromatic carbocycles. The number of benzene rings is 2. The molecule has 0 atom stereocenters. The van der Waals surface area contributed by atoms with Gasteiger partial charge in [-0.05, 0) is 62.0 Å². The molecule has 208 valence electrons. The molecule has 0 unspecified atom stereocenters. The molecule has 0 fully saturated rings. The Balaban J connectivity index is 1.45. The van der Waals surface area contributed by atoms with E-state index in [1.165, 1.54) is 12.1 Å². The van der Waals surface area contributed by atoms with Crippen LogP contribution in [-0.2, 0) is 17.8 Å².